The third kappa shape index (κ3) is 6.03. The summed E-state index contributed by atoms with van der Waals surface area (Å²) in [4.78, 5) is 33.2. The number of hydrogen-bond donors (Lipinski definition) is 3. The molecule has 3 saturated carbocycles. The number of rotatable bonds is 8. The fourth-order valence-electron chi connectivity index (χ4n) is 5.44. The number of ether oxygens (including phenoxy) is 2. The van der Waals surface area contributed by atoms with Crippen LogP contribution in [0, 0.1) is 23.7 Å². The van der Waals surface area contributed by atoms with Gasteiger partial charge in [-0.25, -0.2) is 0 Å². The van der Waals surface area contributed by atoms with Crippen LogP contribution < -0.4 is 16.8 Å². The number of nitrogens with two attached hydrogens (primary N) is 2. The van der Waals surface area contributed by atoms with Crippen molar-refractivity contribution in [2.45, 2.75) is 76.7 Å². The Labute approximate surface area is 205 Å². The molecule has 3 atom stereocenters. The summed E-state index contributed by atoms with van der Waals surface area (Å²) in [5, 5.41) is 3.38. The number of hydrogen-bond acceptors (Lipinski definition) is 9. The summed E-state index contributed by atoms with van der Waals surface area (Å²) in [5.74, 6) is 0.199. The van der Waals surface area contributed by atoms with Gasteiger partial charge in [-0.05, 0) is 32.1 Å². The fourth-order valence-corrected chi connectivity index (χ4v) is 5.62. The second kappa shape index (κ2) is 11.4. The van der Waals surface area contributed by atoms with Crippen molar-refractivity contribution in [1.29, 1.82) is 0 Å². The maximum atomic E-state index is 12.6. The van der Waals surface area contributed by atoms with E-state index < -0.39 is 0 Å². The van der Waals surface area contributed by atoms with Gasteiger partial charge in [0.1, 0.15) is 5.69 Å². The van der Waals surface area contributed by atoms with Crippen molar-refractivity contribution < 1.29 is 19.1 Å². The van der Waals surface area contributed by atoms with Crippen molar-refractivity contribution in [1.82, 2.24) is 9.97 Å². The number of nitrogens with zero attached hydrogens (tertiary/aromatic N) is 2. The lowest BCUT2D eigenvalue weighted by Gasteiger charge is -2.44. The molecule has 5 N–H and O–H groups in total. The number of halogens is 1. The van der Waals surface area contributed by atoms with Crippen LogP contribution in [0.1, 0.15) is 70.6 Å². The summed E-state index contributed by atoms with van der Waals surface area (Å²) in [6, 6.07) is -0.0646. The molecular weight excluding hydrogens is 458 g/mol. The molecule has 4 rings (SSSR count). The number of carbonyl (C=O) groups excluding carboxylic acids is 2. The lowest BCUT2D eigenvalue weighted by atomic mass is 9.70. The Hall–Kier alpha value is -2.29. The first kappa shape index (κ1) is 24.8. The minimum absolute atomic E-state index is 0.0104. The molecule has 9 nitrogen and oxygen atoms in total. The van der Waals surface area contributed by atoms with E-state index in [1.54, 1.807) is 0 Å². The first-order valence-electron chi connectivity index (χ1n) is 12.6. The Morgan fingerprint density at radius 1 is 0.882 bits per heavy atom. The molecule has 0 saturated heterocycles. The maximum Gasteiger partial charge on any atom is 0.308 e. The molecule has 0 aliphatic heterocycles. The molecule has 0 spiro atoms. The third-order valence-electron chi connectivity index (χ3n) is 7.65. The molecule has 3 aliphatic rings. The van der Waals surface area contributed by atoms with E-state index in [9.17, 15) is 9.59 Å². The van der Waals surface area contributed by atoms with Crippen LogP contribution in [0.15, 0.2) is 0 Å². The average molecular weight is 494 g/mol. The number of anilines is 3. The molecule has 3 fully saturated rings. The number of carbonyl (C=O) groups is 2. The smallest absolute Gasteiger partial charge is 0.308 e. The lowest BCUT2D eigenvalue weighted by molar-refractivity contribution is -0.159. The summed E-state index contributed by atoms with van der Waals surface area (Å²) in [5.41, 5.74) is 12.0. The summed E-state index contributed by atoms with van der Waals surface area (Å²) in [7, 11) is 0. The molecule has 1 aromatic rings. The molecule has 0 unspecified atom stereocenters. The monoisotopic (exact) mass is 493 g/mol. The van der Waals surface area contributed by atoms with Crippen LogP contribution in [-0.4, -0.2) is 41.2 Å². The predicted octanol–water partition coefficient (Wildman–Crippen LogP) is 3.96. The molecular formula is C24H36ClN5O4. The van der Waals surface area contributed by atoms with Gasteiger partial charge in [0.25, 0.3) is 0 Å². The van der Waals surface area contributed by atoms with Gasteiger partial charge < -0.3 is 26.3 Å². The Morgan fingerprint density at radius 2 is 1.44 bits per heavy atom. The van der Waals surface area contributed by atoms with Crippen molar-refractivity contribution in [3.05, 3.63) is 5.15 Å². The van der Waals surface area contributed by atoms with Crippen LogP contribution in [0.5, 0.6) is 0 Å². The summed E-state index contributed by atoms with van der Waals surface area (Å²) in [6.45, 7) is 0.578. The number of aromatic nitrogens is 2. The first-order chi connectivity index (χ1) is 16.4. The second-order valence-corrected chi connectivity index (χ2v) is 10.3. The van der Waals surface area contributed by atoms with Crippen molar-refractivity contribution in [3.63, 3.8) is 0 Å². The van der Waals surface area contributed by atoms with Gasteiger partial charge >= 0.3 is 11.9 Å². The van der Waals surface area contributed by atoms with Gasteiger partial charge in [0.2, 0.25) is 5.95 Å². The van der Waals surface area contributed by atoms with Crippen molar-refractivity contribution in [2.75, 3.05) is 30.0 Å². The quantitative estimate of drug-likeness (QED) is 0.362. The van der Waals surface area contributed by atoms with Crippen LogP contribution in [0.4, 0.5) is 17.5 Å². The normalized spacial score (nSPS) is 25.9. The molecule has 34 heavy (non-hydrogen) atoms. The molecule has 0 bridgehead atoms. The van der Waals surface area contributed by atoms with E-state index in [1.165, 1.54) is 12.8 Å². The summed E-state index contributed by atoms with van der Waals surface area (Å²) < 4.78 is 11.5. The van der Waals surface area contributed by atoms with E-state index in [2.05, 4.69) is 15.3 Å². The molecule has 3 aliphatic carbocycles. The van der Waals surface area contributed by atoms with Gasteiger partial charge in [0.05, 0.1) is 25.0 Å². The van der Waals surface area contributed by atoms with Gasteiger partial charge in [-0.3, -0.25) is 9.59 Å². The zero-order valence-corrected chi connectivity index (χ0v) is 20.4. The molecule has 1 heterocycles. The van der Waals surface area contributed by atoms with Crippen LogP contribution >= 0.6 is 11.6 Å². The highest BCUT2D eigenvalue weighted by Gasteiger charge is 2.43. The fraction of sp³-hybridized carbons (Fsp3) is 0.750. The number of nitrogens with one attached hydrogen (secondary N) is 1. The van der Waals surface area contributed by atoms with Crippen molar-refractivity contribution in [2.24, 2.45) is 23.7 Å². The van der Waals surface area contributed by atoms with E-state index in [0.29, 0.717) is 12.4 Å². The van der Waals surface area contributed by atoms with Gasteiger partial charge in [-0.1, -0.05) is 50.1 Å². The number of esters is 2. The summed E-state index contributed by atoms with van der Waals surface area (Å²) >= 11 is 6.05. The SMILES string of the molecule is Nc1nc(Cl)c(N)c(N[C@@H]2C[C@H](COC(=O)C3CCCCC3)[C@H]2COC(=O)C2CCCCC2)n1. The van der Waals surface area contributed by atoms with Crippen LogP contribution in [0.25, 0.3) is 0 Å². The van der Waals surface area contributed by atoms with E-state index in [0.717, 1.165) is 57.8 Å². The molecule has 1 aromatic heterocycles. The standard InChI is InChI=1S/C24H36ClN5O4/c25-20-19(26)21(30-24(27)29-20)28-18-11-16(12-33-22(31)14-7-3-1-4-8-14)17(18)13-34-23(32)15-9-5-2-6-10-15/h14-18H,1-13,26H2,(H3,27,28,29,30)/t16-,17-,18-/m1/s1. The maximum absolute atomic E-state index is 12.6. The highest BCUT2D eigenvalue weighted by molar-refractivity contribution is 6.32. The van der Waals surface area contributed by atoms with Gasteiger partial charge in [-0.15, -0.1) is 0 Å². The first-order valence-corrected chi connectivity index (χ1v) is 13.0. The number of nitrogen functional groups attached to an aromatic ring is 2. The van der Waals surface area contributed by atoms with Gasteiger partial charge in [0.15, 0.2) is 11.0 Å². The molecule has 0 radical (unpaired) electrons. The van der Waals surface area contributed by atoms with Crippen molar-refractivity contribution in [3.8, 4) is 0 Å². The molecule has 0 aromatic carbocycles. The van der Waals surface area contributed by atoms with E-state index >= 15 is 0 Å². The molecule has 188 valence electrons. The van der Waals surface area contributed by atoms with Crippen molar-refractivity contribution >= 4 is 41.0 Å². The zero-order valence-electron chi connectivity index (χ0n) is 19.6. The predicted molar refractivity (Wildman–Crippen MR) is 130 cm³/mol. The van der Waals surface area contributed by atoms with Crippen LogP contribution in [-0.2, 0) is 19.1 Å². The van der Waals surface area contributed by atoms with Crippen LogP contribution in [0.2, 0.25) is 5.15 Å². The largest absolute Gasteiger partial charge is 0.465 e. The Morgan fingerprint density at radius 3 is 2.03 bits per heavy atom. The van der Waals surface area contributed by atoms with Gasteiger partial charge in [-0.2, -0.15) is 9.97 Å². The highest BCUT2D eigenvalue weighted by atomic mass is 35.5. The molecule has 0 amide bonds. The minimum atomic E-state index is -0.128. The Balaban J connectivity index is 1.37. The summed E-state index contributed by atoms with van der Waals surface area (Å²) in [6.07, 6.45) is 11.0. The van der Waals surface area contributed by atoms with Gasteiger partial charge in [0, 0.05) is 17.9 Å². The third-order valence-corrected chi connectivity index (χ3v) is 7.94. The molecule has 10 heteroatoms. The van der Waals surface area contributed by atoms with E-state index in [4.69, 9.17) is 32.5 Å². The topological polar surface area (TPSA) is 142 Å². The van der Waals surface area contributed by atoms with E-state index in [-0.39, 0.29) is 65.0 Å². The second-order valence-electron chi connectivity index (χ2n) is 9.98. The Bertz CT molecular complexity index is 873. The Kier molecular flexibility index (Phi) is 8.34. The minimum Gasteiger partial charge on any atom is -0.465 e. The average Bonchev–Trinajstić information content (AvgIpc) is 2.84. The lowest BCUT2D eigenvalue weighted by Crippen LogP contribution is -2.51. The zero-order chi connectivity index (χ0) is 24.1. The highest BCUT2D eigenvalue weighted by Crippen LogP contribution is 2.39. The van der Waals surface area contributed by atoms with E-state index in [1.807, 2.05) is 0 Å². The van der Waals surface area contributed by atoms with Crippen LogP contribution in [0.3, 0.4) is 0 Å².